The average molecular weight is 238 g/mol. The Hall–Kier alpha value is -1.62. The van der Waals surface area contributed by atoms with Crippen LogP contribution in [0.5, 0.6) is 5.88 Å². The van der Waals surface area contributed by atoms with Gasteiger partial charge in [-0.25, -0.2) is 4.98 Å². The van der Waals surface area contributed by atoms with Crippen LogP contribution in [0.1, 0.15) is 30.6 Å². The van der Waals surface area contributed by atoms with Crippen molar-refractivity contribution in [1.29, 1.82) is 0 Å². The molecule has 0 aliphatic carbocycles. The first-order valence-corrected chi connectivity index (χ1v) is 5.68. The van der Waals surface area contributed by atoms with E-state index in [4.69, 9.17) is 9.84 Å². The number of nitrogens with zero attached hydrogens (tertiary/aromatic N) is 1. The van der Waals surface area contributed by atoms with E-state index in [1.807, 2.05) is 13.8 Å². The van der Waals surface area contributed by atoms with Gasteiger partial charge >= 0.3 is 0 Å². The van der Waals surface area contributed by atoms with Gasteiger partial charge in [0.05, 0.1) is 12.2 Å². The molecule has 5 nitrogen and oxygen atoms in total. The van der Waals surface area contributed by atoms with E-state index >= 15 is 0 Å². The van der Waals surface area contributed by atoms with E-state index in [9.17, 15) is 4.79 Å². The third-order valence-electron chi connectivity index (χ3n) is 2.23. The quantitative estimate of drug-likeness (QED) is 0.775. The molecule has 1 aromatic heterocycles. The molecule has 0 aliphatic rings. The minimum absolute atomic E-state index is 0.0564. The van der Waals surface area contributed by atoms with E-state index in [-0.39, 0.29) is 18.6 Å². The lowest BCUT2D eigenvalue weighted by atomic mass is 10.2. The first-order chi connectivity index (χ1) is 8.17. The molecule has 5 heteroatoms. The minimum Gasteiger partial charge on any atom is -0.478 e. The second-order valence-corrected chi connectivity index (χ2v) is 3.70. The molecule has 1 rings (SSSR count). The molecule has 0 radical (unpaired) electrons. The molecule has 0 saturated heterocycles. The van der Waals surface area contributed by atoms with Crippen molar-refractivity contribution in [3.8, 4) is 5.88 Å². The van der Waals surface area contributed by atoms with Gasteiger partial charge in [-0.1, -0.05) is 0 Å². The second-order valence-electron chi connectivity index (χ2n) is 3.70. The van der Waals surface area contributed by atoms with Crippen LogP contribution in [0.2, 0.25) is 0 Å². The average Bonchev–Trinajstić information content (AvgIpc) is 2.30. The normalized spacial score (nSPS) is 11.9. The van der Waals surface area contributed by atoms with Crippen LogP contribution < -0.4 is 10.1 Å². The first-order valence-electron chi connectivity index (χ1n) is 5.68. The third-order valence-corrected chi connectivity index (χ3v) is 2.23. The molecule has 94 valence electrons. The Kier molecular flexibility index (Phi) is 5.42. The SMILES string of the molecule is CCOc1ccc(C(=O)NC(C)CCO)cn1. The Bertz CT molecular complexity index is 351. The van der Waals surface area contributed by atoms with Crippen LogP contribution in [-0.2, 0) is 0 Å². The Morgan fingerprint density at radius 2 is 2.35 bits per heavy atom. The zero-order chi connectivity index (χ0) is 12.7. The summed E-state index contributed by atoms with van der Waals surface area (Å²) < 4.78 is 5.18. The molecule has 0 saturated carbocycles. The molecular formula is C12H18N2O3. The molecule has 0 aromatic carbocycles. The van der Waals surface area contributed by atoms with Crippen molar-refractivity contribution in [2.24, 2.45) is 0 Å². The van der Waals surface area contributed by atoms with Crippen LogP contribution in [0.4, 0.5) is 0 Å². The van der Waals surface area contributed by atoms with Crippen molar-refractivity contribution in [2.45, 2.75) is 26.3 Å². The molecule has 2 N–H and O–H groups in total. The Morgan fingerprint density at radius 1 is 1.59 bits per heavy atom. The smallest absolute Gasteiger partial charge is 0.253 e. The summed E-state index contributed by atoms with van der Waals surface area (Å²) in [6.45, 7) is 4.32. The highest BCUT2D eigenvalue weighted by atomic mass is 16.5. The fraction of sp³-hybridized carbons (Fsp3) is 0.500. The highest BCUT2D eigenvalue weighted by Gasteiger charge is 2.09. The zero-order valence-corrected chi connectivity index (χ0v) is 10.1. The lowest BCUT2D eigenvalue weighted by molar-refractivity contribution is 0.0934. The monoisotopic (exact) mass is 238 g/mol. The largest absolute Gasteiger partial charge is 0.478 e. The Morgan fingerprint density at radius 3 is 2.88 bits per heavy atom. The number of nitrogens with one attached hydrogen (secondary N) is 1. The summed E-state index contributed by atoms with van der Waals surface area (Å²) in [5.41, 5.74) is 0.484. The van der Waals surface area contributed by atoms with Crippen LogP contribution in [0.15, 0.2) is 18.3 Å². The van der Waals surface area contributed by atoms with Crippen molar-refractivity contribution in [1.82, 2.24) is 10.3 Å². The van der Waals surface area contributed by atoms with Crippen LogP contribution in [0, 0.1) is 0 Å². The van der Waals surface area contributed by atoms with Crippen molar-refractivity contribution >= 4 is 5.91 Å². The van der Waals surface area contributed by atoms with Crippen molar-refractivity contribution < 1.29 is 14.6 Å². The zero-order valence-electron chi connectivity index (χ0n) is 10.1. The van der Waals surface area contributed by atoms with Gasteiger partial charge in [-0.3, -0.25) is 4.79 Å². The maximum atomic E-state index is 11.7. The van der Waals surface area contributed by atoms with Gasteiger partial charge < -0.3 is 15.2 Å². The number of aromatic nitrogens is 1. The second kappa shape index (κ2) is 6.85. The van der Waals surface area contributed by atoms with E-state index in [1.54, 1.807) is 12.1 Å². The molecule has 1 atom stereocenters. The molecule has 0 fully saturated rings. The highest BCUT2D eigenvalue weighted by molar-refractivity contribution is 5.94. The van der Waals surface area contributed by atoms with Gasteiger partial charge in [0, 0.05) is 24.9 Å². The fourth-order valence-corrected chi connectivity index (χ4v) is 1.32. The molecule has 1 aromatic rings. The topological polar surface area (TPSA) is 71.5 Å². The number of carbonyl (C=O) groups excluding carboxylic acids is 1. The number of amides is 1. The van der Waals surface area contributed by atoms with Gasteiger partial charge in [0.15, 0.2) is 0 Å². The standard InChI is InChI=1S/C12H18N2O3/c1-3-17-11-5-4-10(8-13-11)12(16)14-9(2)6-7-15/h4-5,8-9,15H,3,6-7H2,1-2H3,(H,14,16). The molecule has 0 aliphatic heterocycles. The number of hydrogen-bond acceptors (Lipinski definition) is 4. The number of aliphatic hydroxyl groups is 1. The molecule has 1 unspecified atom stereocenters. The summed E-state index contributed by atoms with van der Waals surface area (Å²) in [6.07, 6.45) is 2.02. The lowest BCUT2D eigenvalue weighted by Gasteiger charge is -2.12. The van der Waals surface area contributed by atoms with Crippen LogP contribution >= 0.6 is 0 Å². The molecular weight excluding hydrogens is 220 g/mol. The number of carbonyl (C=O) groups is 1. The maximum absolute atomic E-state index is 11.7. The maximum Gasteiger partial charge on any atom is 0.253 e. The first kappa shape index (κ1) is 13.4. The van der Waals surface area contributed by atoms with Crippen molar-refractivity contribution in [2.75, 3.05) is 13.2 Å². The predicted molar refractivity (Wildman–Crippen MR) is 64.0 cm³/mol. The molecule has 0 spiro atoms. The molecule has 1 amide bonds. The van der Waals surface area contributed by atoms with Gasteiger partial charge in [0.2, 0.25) is 5.88 Å². The Labute approximate surface area is 101 Å². The van der Waals surface area contributed by atoms with Gasteiger partial charge in [-0.05, 0) is 26.3 Å². The Balaban J connectivity index is 2.57. The van der Waals surface area contributed by atoms with Gasteiger partial charge in [0.25, 0.3) is 5.91 Å². The predicted octanol–water partition coefficient (Wildman–Crippen LogP) is 0.981. The summed E-state index contributed by atoms with van der Waals surface area (Å²) in [6, 6.07) is 3.27. The van der Waals surface area contributed by atoms with Gasteiger partial charge in [-0.2, -0.15) is 0 Å². The molecule has 0 bridgehead atoms. The van der Waals surface area contributed by atoms with E-state index < -0.39 is 0 Å². The number of rotatable bonds is 6. The summed E-state index contributed by atoms with van der Waals surface area (Å²) in [5.74, 6) is 0.314. The molecule has 17 heavy (non-hydrogen) atoms. The number of pyridine rings is 1. The summed E-state index contributed by atoms with van der Waals surface area (Å²) in [7, 11) is 0. The summed E-state index contributed by atoms with van der Waals surface area (Å²) >= 11 is 0. The van der Waals surface area contributed by atoms with E-state index in [2.05, 4.69) is 10.3 Å². The van der Waals surface area contributed by atoms with Crippen LogP contribution in [0.3, 0.4) is 0 Å². The van der Waals surface area contributed by atoms with Gasteiger partial charge in [0.1, 0.15) is 0 Å². The van der Waals surface area contributed by atoms with E-state index in [0.717, 1.165) is 0 Å². The molecule has 1 heterocycles. The van der Waals surface area contributed by atoms with Crippen LogP contribution in [0.25, 0.3) is 0 Å². The van der Waals surface area contributed by atoms with Crippen LogP contribution in [-0.4, -0.2) is 35.3 Å². The number of hydrogen-bond donors (Lipinski definition) is 2. The summed E-state index contributed by atoms with van der Waals surface area (Å²) in [5, 5.41) is 11.5. The highest BCUT2D eigenvalue weighted by Crippen LogP contribution is 2.07. The summed E-state index contributed by atoms with van der Waals surface area (Å²) in [4.78, 5) is 15.7. The van der Waals surface area contributed by atoms with Gasteiger partial charge in [-0.15, -0.1) is 0 Å². The number of aliphatic hydroxyl groups excluding tert-OH is 1. The van der Waals surface area contributed by atoms with E-state index in [1.165, 1.54) is 6.20 Å². The van der Waals surface area contributed by atoms with Crippen molar-refractivity contribution in [3.63, 3.8) is 0 Å². The number of ether oxygens (including phenoxy) is 1. The van der Waals surface area contributed by atoms with E-state index in [0.29, 0.717) is 24.5 Å². The third kappa shape index (κ3) is 4.40. The lowest BCUT2D eigenvalue weighted by Crippen LogP contribution is -2.33. The van der Waals surface area contributed by atoms with Crippen molar-refractivity contribution in [3.05, 3.63) is 23.9 Å². The minimum atomic E-state index is -0.193. The fourth-order valence-electron chi connectivity index (χ4n) is 1.32.